The second-order valence-corrected chi connectivity index (χ2v) is 6.27. The maximum Gasteiger partial charge on any atom is 0.321 e. The minimum atomic E-state index is -0.577. The summed E-state index contributed by atoms with van der Waals surface area (Å²) >= 11 is 11.9. The van der Waals surface area contributed by atoms with Crippen LogP contribution in [0.4, 0.5) is 14.9 Å². The average Bonchev–Trinajstić information content (AvgIpc) is 2.24. The van der Waals surface area contributed by atoms with Crippen molar-refractivity contribution in [2.45, 2.75) is 26.3 Å². The predicted octanol–water partition coefficient (Wildman–Crippen LogP) is 3.60. The van der Waals surface area contributed by atoms with Crippen LogP contribution in [0, 0.1) is 11.2 Å². The molecule has 0 atom stereocenters. The molecule has 0 aliphatic heterocycles. The molecule has 2 amide bonds. The van der Waals surface area contributed by atoms with Crippen molar-refractivity contribution in [1.29, 1.82) is 5.41 Å². The Kier molecular flexibility index (Phi) is 5.42. The van der Waals surface area contributed by atoms with E-state index in [1.54, 1.807) is 0 Å². The summed E-state index contributed by atoms with van der Waals surface area (Å²) in [5.41, 5.74) is -0.200. The number of nitrogens with one attached hydrogen (secondary N) is 3. The molecule has 3 N–H and O–H groups in total. The molecule has 1 aromatic carbocycles. The van der Waals surface area contributed by atoms with E-state index in [1.165, 1.54) is 11.9 Å². The van der Waals surface area contributed by atoms with E-state index in [-0.39, 0.29) is 21.7 Å². The lowest BCUT2D eigenvalue weighted by molar-refractivity contribution is 0.236. The third-order valence-electron chi connectivity index (χ3n) is 2.37. The zero-order chi connectivity index (χ0) is 16.4. The van der Waals surface area contributed by atoms with E-state index in [0.717, 1.165) is 12.1 Å². The Morgan fingerprint density at radius 2 is 1.76 bits per heavy atom. The lowest BCUT2D eigenvalue weighted by Gasteiger charge is -2.25. The molecule has 0 radical (unpaired) electrons. The summed E-state index contributed by atoms with van der Waals surface area (Å²) in [6.45, 7) is 5.44. The normalized spacial score (nSPS) is 11.0. The average molecular weight is 335 g/mol. The molecule has 0 aliphatic rings. The summed E-state index contributed by atoms with van der Waals surface area (Å²) in [6.07, 6.45) is 0. The van der Waals surface area contributed by atoms with Crippen molar-refractivity contribution in [1.82, 2.24) is 10.6 Å². The molecule has 0 fully saturated rings. The van der Waals surface area contributed by atoms with Crippen molar-refractivity contribution in [3.8, 4) is 0 Å². The van der Waals surface area contributed by atoms with Crippen molar-refractivity contribution >= 4 is 40.9 Å². The molecular weight excluding hydrogens is 318 g/mol. The van der Waals surface area contributed by atoms with Crippen LogP contribution in [-0.2, 0) is 0 Å². The van der Waals surface area contributed by atoms with Gasteiger partial charge >= 0.3 is 6.03 Å². The fraction of sp³-hybridized carbons (Fsp3) is 0.385. The predicted molar refractivity (Wildman–Crippen MR) is 84.0 cm³/mol. The molecule has 1 rings (SSSR count). The van der Waals surface area contributed by atoms with Crippen molar-refractivity contribution in [2.24, 2.45) is 0 Å². The third kappa shape index (κ3) is 5.06. The summed E-state index contributed by atoms with van der Waals surface area (Å²) < 4.78 is 13.1. The summed E-state index contributed by atoms with van der Waals surface area (Å²) in [5.74, 6) is -0.820. The highest BCUT2D eigenvalue weighted by atomic mass is 35.5. The van der Waals surface area contributed by atoms with E-state index in [2.05, 4.69) is 10.6 Å². The zero-order valence-corrected chi connectivity index (χ0v) is 13.7. The van der Waals surface area contributed by atoms with Gasteiger partial charge in [-0.2, -0.15) is 0 Å². The van der Waals surface area contributed by atoms with Gasteiger partial charge < -0.3 is 10.2 Å². The molecule has 116 valence electrons. The minimum absolute atomic E-state index is 0.0466. The van der Waals surface area contributed by atoms with Crippen LogP contribution in [0.15, 0.2) is 12.1 Å². The largest absolute Gasteiger partial charge is 0.333 e. The number of anilines is 1. The van der Waals surface area contributed by atoms with E-state index < -0.39 is 17.4 Å². The van der Waals surface area contributed by atoms with Crippen LogP contribution < -0.4 is 15.5 Å². The van der Waals surface area contributed by atoms with Crippen molar-refractivity contribution in [2.75, 3.05) is 11.9 Å². The van der Waals surface area contributed by atoms with Gasteiger partial charge in [0.15, 0.2) is 0 Å². The second-order valence-electron chi connectivity index (χ2n) is 5.45. The highest BCUT2D eigenvalue weighted by Gasteiger charge is 2.19. The molecule has 1 aromatic rings. The molecule has 0 heterocycles. The van der Waals surface area contributed by atoms with E-state index in [9.17, 15) is 9.18 Å². The molecule has 21 heavy (non-hydrogen) atoms. The van der Waals surface area contributed by atoms with E-state index in [0.29, 0.717) is 0 Å². The summed E-state index contributed by atoms with van der Waals surface area (Å²) in [6, 6.07) is 1.64. The van der Waals surface area contributed by atoms with Crippen molar-refractivity contribution in [3.63, 3.8) is 0 Å². The highest BCUT2D eigenvalue weighted by Crippen LogP contribution is 2.33. The maximum absolute atomic E-state index is 13.1. The SMILES string of the molecule is CN(C(=N)NC(=O)NC(C)(C)C)c1c(Cl)cc(F)cc1Cl. The van der Waals surface area contributed by atoms with Gasteiger partial charge in [-0.1, -0.05) is 23.2 Å². The number of urea groups is 1. The molecule has 0 unspecified atom stereocenters. The zero-order valence-electron chi connectivity index (χ0n) is 12.1. The molecule has 0 aromatic heterocycles. The molecule has 0 saturated carbocycles. The molecule has 8 heteroatoms. The number of nitrogens with zero attached hydrogens (tertiary/aromatic N) is 1. The highest BCUT2D eigenvalue weighted by molar-refractivity contribution is 6.40. The molecule has 0 aliphatic carbocycles. The van der Waals surface area contributed by atoms with Gasteiger partial charge in [-0.25, -0.2) is 9.18 Å². The maximum atomic E-state index is 13.1. The number of hydrogen-bond acceptors (Lipinski definition) is 2. The quantitative estimate of drug-likeness (QED) is 0.542. The summed E-state index contributed by atoms with van der Waals surface area (Å²) in [5, 5.41) is 13.0. The number of guanidine groups is 1. The first-order valence-corrected chi connectivity index (χ1v) is 6.83. The van der Waals surface area contributed by atoms with Gasteiger partial charge in [0.2, 0.25) is 5.96 Å². The topological polar surface area (TPSA) is 68.2 Å². The first kappa shape index (κ1) is 17.5. The molecule has 0 spiro atoms. The van der Waals surface area contributed by atoms with Crippen molar-refractivity contribution in [3.05, 3.63) is 28.0 Å². The number of benzene rings is 1. The van der Waals surface area contributed by atoms with Gasteiger partial charge in [0, 0.05) is 12.6 Å². The molecule has 0 bridgehead atoms. The standard InChI is InChI=1S/C13H17Cl2FN4O/c1-13(2,3)19-12(21)18-11(17)20(4)10-8(14)5-7(16)6-9(10)15/h5-6H,1-4H3,(H3,17,18,19,21). The van der Waals surface area contributed by atoms with Crippen LogP contribution in [-0.4, -0.2) is 24.6 Å². The minimum Gasteiger partial charge on any atom is -0.333 e. The Bertz CT molecular complexity index is 549. The van der Waals surface area contributed by atoms with Crippen LogP contribution in [0.25, 0.3) is 0 Å². The number of hydrogen-bond donors (Lipinski definition) is 3. The van der Waals surface area contributed by atoms with Gasteiger partial charge in [0.1, 0.15) is 5.82 Å². The van der Waals surface area contributed by atoms with Crippen LogP contribution in [0.2, 0.25) is 10.0 Å². The first-order valence-electron chi connectivity index (χ1n) is 6.07. The number of carbonyl (C=O) groups excluding carboxylic acids is 1. The number of halogens is 3. The fourth-order valence-corrected chi connectivity index (χ4v) is 2.24. The van der Waals surface area contributed by atoms with Gasteiger partial charge in [-0.3, -0.25) is 10.7 Å². The van der Waals surface area contributed by atoms with Crippen LogP contribution in [0.1, 0.15) is 20.8 Å². The van der Waals surface area contributed by atoms with Gasteiger partial charge in [-0.15, -0.1) is 0 Å². The van der Waals surface area contributed by atoms with E-state index in [4.69, 9.17) is 28.6 Å². The van der Waals surface area contributed by atoms with Crippen LogP contribution in [0.5, 0.6) is 0 Å². The smallest absolute Gasteiger partial charge is 0.321 e. The first-order chi connectivity index (χ1) is 9.51. The van der Waals surface area contributed by atoms with Crippen LogP contribution in [0.3, 0.4) is 0 Å². The number of carbonyl (C=O) groups is 1. The van der Waals surface area contributed by atoms with E-state index >= 15 is 0 Å². The Hall–Kier alpha value is -1.53. The summed E-state index contributed by atoms with van der Waals surface area (Å²) in [4.78, 5) is 13.0. The lowest BCUT2D eigenvalue weighted by Crippen LogP contribution is -2.51. The van der Waals surface area contributed by atoms with Gasteiger partial charge in [0.05, 0.1) is 15.7 Å². The number of amides is 2. The lowest BCUT2D eigenvalue weighted by atomic mass is 10.1. The summed E-state index contributed by atoms with van der Waals surface area (Å²) in [7, 11) is 1.49. The Labute approximate surface area is 132 Å². The van der Waals surface area contributed by atoms with Crippen molar-refractivity contribution < 1.29 is 9.18 Å². The molecule has 0 saturated heterocycles. The third-order valence-corrected chi connectivity index (χ3v) is 2.95. The van der Waals surface area contributed by atoms with Gasteiger partial charge in [-0.05, 0) is 32.9 Å². The Balaban J connectivity index is 2.87. The number of rotatable bonds is 1. The second kappa shape index (κ2) is 6.49. The van der Waals surface area contributed by atoms with Crippen LogP contribution >= 0.6 is 23.2 Å². The molecular formula is C13H17Cl2FN4O. The Morgan fingerprint density at radius 3 is 2.19 bits per heavy atom. The molecule has 5 nitrogen and oxygen atoms in total. The Morgan fingerprint density at radius 1 is 1.29 bits per heavy atom. The fourth-order valence-electron chi connectivity index (χ4n) is 1.53. The monoisotopic (exact) mass is 334 g/mol. The van der Waals surface area contributed by atoms with E-state index in [1.807, 2.05) is 20.8 Å². The van der Waals surface area contributed by atoms with Gasteiger partial charge in [0.25, 0.3) is 0 Å².